The fourth-order valence-corrected chi connectivity index (χ4v) is 3.64. The number of carbonyl (C=O) groups excluding carboxylic acids is 1. The number of amides is 1. The molecule has 0 radical (unpaired) electrons. The molecule has 0 aromatic heterocycles. The van der Waals surface area contributed by atoms with E-state index >= 15 is 0 Å². The van der Waals surface area contributed by atoms with Gasteiger partial charge in [0.2, 0.25) is 12.7 Å². The van der Waals surface area contributed by atoms with Gasteiger partial charge in [0, 0.05) is 16.8 Å². The Balaban J connectivity index is 1.42. The van der Waals surface area contributed by atoms with Crippen molar-refractivity contribution < 1.29 is 14.3 Å². The lowest BCUT2D eigenvalue weighted by atomic mass is 10.2. The van der Waals surface area contributed by atoms with Crippen LogP contribution in [-0.4, -0.2) is 18.5 Å². The Bertz CT molecular complexity index is 708. The summed E-state index contributed by atoms with van der Waals surface area (Å²) in [7, 11) is 0. The molecule has 6 heteroatoms. The molecule has 1 N–H and O–H groups in total. The summed E-state index contributed by atoms with van der Waals surface area (Å²) in [6.07, 6.45) is 0. The van der Waals surface area contributed by atoms with E-state index in [0.29, 0.717) is 12.3 Å². The highest BCUT2D eigenvalue weighted by Gasteiger charge is 2.13. The molecule has 0 unspecified atom stereocenters. The summed E-state index contributed by atoms with van der Waals surface area (Å²) in [6, 6.07) is 13.7. The van der Waals surface area contributed by atoms with Gasteiger partial charge in [-0.3, -0.25) is 4.79 Å². The molecule has 0 bridgehead atoms. The maximum absolute atomic E-state index is 11.9. The third-order valence-electron chi connectivity index (χ3n) is 3.38. The molecule has 23 heavy (non-hydrogen) atoms. The summed E-state index contributed by atoms with van der Waals surface area (Å²) < 4.78 is 11.7. The Morgan fingerprint density at radius 1 is 1.17 bits per heavy atom. The minimum atomic E-state index is 0.0275. The second kappa shape index (κ2) is 7.75. The van der Waals surface area contributed by atoms with Crippen LogP contribution in [-0.2, 0) is 17.1 Å². The van der Waals surface area contributed by atoms with Crippen LogP contribution < -0.4 is 14.8 Å². The number of thioether (sulfide) groups is 1. The first-order valence-electron chi connectivity index (χ1n) is 7.19. The van der Waals surface area contributed by atoms with Crippen molar-refractivity contribution in [3.05, 3.63) is 58.1 Å². The fourth-order valence-electron chi connectivity index (χ4n) is 2.17. The summed E-state index contributed by atoms with van der Waals surface area (Å²) in [4.78, 5) is 11.9. The normalized spacial score (nSPS) is 12.2. The highest BCUT2D eigenvalue weighted by Crippen LogP contribution is 2.32. The van der Waals surface area contributed by atoms with E-state index in [1.807, 2.05) is 36.4 Å². The topological polar surface area (TPSA) is 47.6 Å². The Hall–Kier alpha value is -1.66. The minimum Gasteiger partial charge on any atom is -0.454 e. The van der Waals surface area contributed by atoms with Crippen LogP contribution >= 0.6 is 27.7 Å². The smallest absolute Gasteiger partial charge is 0.231 e. The number of rotatable bonds is 6. The average Bonchev–Trinajstić information content (AvgIpc) is 3.02. The van der Waals surface area contributed by atoms with Gasteiger partial charge in [0.05, 0.1) is 5.75 Å². The van der Waals surface area contributed by atoms with Crippen molar-refractivity contribution >= 4 is 33.6 Å². The van der Waals surface area contributed by atoms with E-state index in [1.165, 1.54) is 5.56 Å². The van der Waals surface area contributed by atoms with Crippen molar-refractivity contribution in [1.82, 2.24) is 5.32 Å². The van der Waals surface area contributed by atoms with Crippen molar-refractivity contribution in [1.29, 1.82) is 0 Å². The number of carbonyl (C=O) groups is 1. The summed E-state index contributed by atoms with van der Waals surface area (Å²) in [5.41, 5.74) is 2.19. The van der Waals surface area contributed by atoms with E-state index in [9.17, 15) is 4.79 Å². The second-order valence-corrected chi connectivity index (χ2v) is 6.89. The van der Waals surface area contributed by atoms with Gasteiger partial charge in [-0.1, -0.05) is 40.2 Å². The summed E-state index contributed by atoms with van der Waals surface area (Å²) in [6.45, 7) is 0.752. The SMILES string of the molecule is O=C(CSCc1ccccc1Br)NCc1ccc2c(c1)OCO2. The molecule has 0 aliphatic carbocycles. The van der Waals surface area contributed by atoms with Crippen LogP contribution in [0.3, 0.4) is 0 Å². The third kappa shape index (κ3) is 4.42. The molecule has 1 aliphatic heterocycles. The molecular formula is C17H16BrNO3S. The van der Waals surface area contributed by atoms with Gasteiger partial charge in [-0.05, 0) is 29.3 Å². The number of hydrogen-bond acceptors (Lipinski definition) is 4. The van der Waals surface area contributed by atoms with Gasteiger partial charge in [-0.15, -0.1) is 11.8 Å². The summed E-state index contributed by atoms with van der Waals surface area (Å²) >= 11 is 5.11. The Kier molecular flexibility index (Phi) is 5.46. The highest BCUT2D eigenvalue weighted by molar-refractivity contribution is 9.10. The van der Waals surface area contributed by atoms with E-state index in [0.717, 1.165) is 27.3 Å². The van der Waals surface area contributed by atoms with Gasteiger partial charge >= 0.3 is 0 Å². The van der Waals surface area contributed by atoms with E-state index in [1.54, 1.807) is 11.8 Å². The van der Waals surface area contributed by atoms with E-state index in [-0.39, 0.29) is 12.7 Å². The first-order valence-corrected chi connectivity index (χ1v) is 9.13. The molecule has 3 rings (SSSR count). The molecular weight excluding hydrogens is 378 g/mol. The van der Waals surface area contributed by atoms with Gasteiger partial charge in [0.1, 0.15) is 0 Å². The lowest BCUT2D eigenvalue weighted by Crippen LogP contribution is -2.24. The van der Waals surface area contributed by atoms with Crippen LogP contribution in [0.15, 0.2) is 46.9 Å². The lowest BCUT2D eigenvalue weighted by Gasteiger charge is -2.07. The lowest BCUT2D eigenvalue weighted by molar-refractivity contribution is -0.118. The van der Waals surface area contributed by atoms with Gasteiger partial charge in [0.25, 0.3) is 0 Å². The monoisotopic (exact) mass is 393 g/mol. The third-order valence-corrected chi connectivity index (χ3v) is 5.13. The maximum Gasteiger partial charge on any atom is 0.231 e. The zero-order valence-electron chi connectivity index (χ0n) is 12.4. The number of benzene rings is 2. The Morgan fingerprint density at radius 2 is 2.00 bits per heavy atom. The Morgan fingerprint density at radius 3 is 2.87 bits per heavy atom. The van der Waals surface area contributed by atoms with Crippen LogP contribution in [0, 0.1) is 0 Å². The Labute approximate surface area is 147 Å². The first kappa shape index (κ1) is 16.2. The van der Waals surface area contributed by atoms with E-state index in [4.69, 9.17) is 9.47 Å². The molecule has 1 heterocycles. The van der Waals surface area contributed by atoms with Crippen LogP contribution in [0.1, 0.15) is 11.1 Å². The molecule has 0 atom stereocenters. The minimum absolute atomic E-state index is 0.0275. The van der Waals surface area contributed by atoms with Crippen LogP contribution in [0.4, 0.5) is 0 Å². The molecule has 0 spiro atoms. The number of hydrogen-bond donors (Lipinski definition) is 1. The second-order valence-electron chi connectivity index (χ2n) is 5.05. The molecule has 4 nitrogen and oxygen atoms in total. The highest BCUT2D eigenvalue weighted by atomic mass is 79.9. The summed E-state index contributed by atoms with van der Waals surface area (Å²) in [5.74, 6) is 2.76. The zero-order valence-corrected chi connectivity index (χ0v) is 14.8. The number of fused-ring (bicyclic) bond motifs is 1. The molecule has 0 saturated heterocycles. The quantitative estimate of drug-likeness (QED) is 0.811. The largest absolute Gasteiger partial charge is 0.454 e. The van der Waals surface area contributed by atoms with Crippen molar-refractivity contribution in [3.63, 3.8) is 0 Å². The van der Waals surface area contributed by atoms with E-state index < -0.39 is 0 Å². The number of halogens is 1. The van der Waals surface area contributed by atoms with Gasteiger partial charge in [-0.2, -0.15) is 0 Å². The van der Waals surface area contributed by atoms with Crippen molar-refractivity contribution in [2.45, 2.75) is 12.3 Å². The molecule has 0 fully saturated rings. The molecule has 2 aromatic rings. The van der Waals surface area contributed by atoms with Crippen LogP contribution in [0.5, 0.6) is 11.5 Å². The van der Waals surface area contributed by atoms with Crippen molar-refractivity contribution in [3.8, 4) is 11.5 Å². The van der Waals surface area contributed by atoms with E-state index in [2.05, 4.69) is 27.3 Å². The molecule has 1 aliphatic rings. The predicted octanol–water partition coefficient (Wildman–Crippen LogP) is 3.73. The van der Waals surface area contributed by atoms with Crippen LogP contribution in [0.25, 0.3) is 0 Å². The van der Waals surface area contributed by atoms with Gasteiger partial charge < -0.3 is 14.8 Å². The molecule has 120 valence electrons. The number of ether oxygens (including phenoxy) is 2. The van der Waals surface area contributed by atoms with Crippen molar-refractivity contribution in [2.75, 3.05) is 12.5 Å². The standard InChI is InChI=1S/C17H16BrNO3S/c18-14-4-2-1-3-13(14)9-23-10-17(20)19-8-12-5-6-15-16(7-12)22-11-21-15/h1-7H,8-11H2,(H,19,20). The fraction of sp³-hybridized carbons (Fsp3) is 0.235. The first-order chi connectivity index (χ1) is 11.2. The molecule has 2 aromatic carbocycles. The number of nitrogens with one attached hydrogen (secondary N) is 1. The average molecular weight is 394 g/mol. The molecule has 0 saturated carbocycles. The summed E-state index contributed by atoms with van der Waals surface area (Å²) in [5, 5.41) is 2.92. The zero-order chi connectivity index (χ0) is 16.1. The van der Waals surface area contributed by atoms with Gasteiger partial charge in [-0.25, -0.2) is 0 Å². The maximum atomic E-state index is 11.9. The van der Waals surface area contributed by atoms with Crippen LogP contribution in [0.2, 0.25) is 0 Å². The van der Waals surface area contributed by atoms with Crippen molar-refractivity contribution in [2.24, 2.45) is 0 Å². The predicted molar refractivity (Wildman–Crippen MR) is 94.7 cm³/mol. The molecule has 1 amide bonds. The van der Waals surface area contributed by atoms with Gasteiger partial charge in [0.15, 0.2) is 11.5 Å².